The fourth-order valence-electron chi connectivity index (χ4n) is 1.40. The Labute approximate surface area is 94.2 Å². The van der Waals surface area contributed by atoms with Crippen LogP contribution in [0.15, 0.2) is 18.2 Å². The summed E-state index contributed by atoms with van der Waals surface area (Å²) in [7, 11) is 3.77. The number of benzene rings is 1. The zero-order chi connectivity index (χ0) is 12.1. The molecule has 0 aliphatic rings. The fourth-order valence-corrected chi connectivity index (χ4v) is 1.40. The second kappa shape index (κ2) is 5.32. The van der Waals surface area contributed by atoms with Crippen molar-refractivity contribution in [3.63, 3.8) is 0 Å². The van der Waals surface area contributed by atoms with Gasteiger partial charge in [0.25, 0.3) is 5.69 Å². The molecule has 0 saturated heterocycles. The molecule has 16 heavy (non-hydrogen) atoms. The van der Waals surface area contributed by atoms with Gasteiger partial charge in [0.1, 0.15) is 0 Å². The highest BCUT2D eigenvalue weighted by atomic mass is 16.6. The Balaban J connectivity index is 2.85. The van der Waals surface area contributed by atoms with Crippen LogP contribution in [0.2, 0.25) is 0 Å². The lowest BCUT2D eigenvalue weighted by Gasteiger charge is -2.20. The van der Waals surface area contributed by atoms with Crippen molar-refractivity contribution in [3.05, 3.63) is 28.3 Å². The van der Waals surface area contributed by atoms with Gasteiger partial charge in [-0.05, 0) is 13.1 Å². The minimum Gasteiger partial charge on any atom is -0.397 e. The number of nitrogens with two attached hydrogens (primary N) is 1. The lowest BCUT2D eigenvalue weighted by Crippen LogP contribution is -2.27. The Hall–Kier alpha value is -1.82. The number of likely N-dealkylation sites (N-methyl/N-ethyl adjacent to an activating group) is 2. The molecule has 0 unspecified atom stereocenters. The molecule has 88 valence electrons. The molecule has 0 aliphatic heterocycles. The van der Waals surface area contributed by atoms with E-state index in [9.17, 15) is 10.1 Å². The third kappa shape index (κ3) is 2.83. The predicted octanol–water partition coefficient (Wildman–Crippen LogP) is 0.833. The molecule has 0 heterocycles. The average Bonchev–Trinajstić information content (AvgIpc) is 2.25. The lowest BCUT2D eigenvalue weighted by molar-refractivity contribution is -0.384. The van der Waals surface area contributed by atoms with Crippen molar-refractivity contribution in [1.29, 1.82) is 0 Å². The predicted molar refractivity (Wildman–Crippen MR) is 64.7 cm³/mol. The van der Waals surface area contributed by atoms with Crippen molar-refractivity contribution in [1.82, 2.24) is 5.32 Å². The number of rotatable bonds is 5. The molecule has 0 radical (unpaired) electrons. The smallest absolute Gasteiger partial charge is 0.271 e. The standard InChI is InChI=1S/C10H16N4O2/c1-12-5-6-13(2)10-4-3-8(14(15)16)7-9(10)11/h3-4,7,12H,5-6,11H2,1-2H3. The summed E-state index contributed by atoms with van der Waals surface area (Å²) in [5, 5.41) is 13.6. The van der Waals surface area contributed by atoms with E-state index in [0.29, 0.717) is 5.69 Å². The Morgan fingerprint density at radius 2 is 2.25 bits per heavy atom. The van der Waals surface area contributed by atoms with Crippen molar-refractivity contribution < 1.29 is 4.92 Å². The summed E-state index contributed by atoms with van der Waals surface area (Å²) < 4.78 is 0. The minimum absolute atomic E-state index is 0.0169. The van der Waals surface area contributed by atoms with Crippen LogP contribution >= 0.6 is 0 Å². The highest BCUT2D eigenvalue weighted by Crippen LogP contribution is 2.26. The monoisotopic (exact) mass is 224 g/mol. The number of nitrogens with zero attached hydrogens (tertiary/aromatic N) is 2. The first-order valence-electron chi connectivity index (χ1n) is 4.96. The van der Waals surface area contributed by atoms with Gasteiger partial charge < -0.3 is 16.0 Å². The largest absolute Gasteiger partial charge is 0.397 e. The van der Waals surface area contributed by atoms with E-state index in [0.717, 1.165) is 18.8 Å². The summed E-state index contributed by atoms with van der Waals surface area (Å²) in [6.45, 7) is 1.62. The Morgan fingerprint density at radius 3 is 2.75 bits per heavy atom. The number of nitrogens with one attached hydrogen (secondary N) is 1. The van der Waals surface area contributed by atoms with E-state index >= 15 is 0 Å². The first kappa shape index (κ1) is 12.3. The second-order valence-electron chi connectivity index (χ2n) is 3.53. The molecule has 6 heteroatoms. The topological polar surface area (TPSA) is 84.4 Å². The van der Waals surface area contributed by atoms with Gasteiger partial charge in [0.15, 0.2) is 0 Å². The van der Waals surface area contributed by atoms with Crippen LogP contribution in [-0.4, -0.2) is 32.1 Å². The minimum atomic E-state index is -0.451. The third-order valence-corrected chi connectivity index (χ3v) is 2.33. The van der Waals surface area contributed by atoms with Crippen LogP contribution < -0.4 is 16.0 Å². The van der Waals surface area contributed by atoms with Crippen molar-refractivity contribution in [3.8, 4) is 0 Å². The molecule has 0 saturated carbocycles. The van der Waals surface area contributed by atoms with Gasteiger partial charge in [0.05, 0.1) is 16.3 Å². The summed E-state index contributed by atoms with van der Waals surface area (Å²) >= 11 is 0. The lowest BCUT2D eigenvalue weighted by atomic mass is 10.2. The molecule has 0 bridgehead atoms. The molecule has 3 N–H and O–H groups in total. The summed E-state index contributed by atoms with van der Waals surface area (Å²) in [5.74, 6) is 0. The maximum absolute atomic E-state index is 10.5. The Bertz CT molecular complexity index is 381. The van der Waals surface area contributed by atoms with Crippen LogP contribution in [0.1, 0.15) is 0 Å². The zero-order valence-corrected chi connectivity index (χ0v) is 9.43. The van der Waals surface area contributed by atoms with Crippen molar-refractivity contribution >= 4 is 17.1 Å². The molecule has 6 nitrogen and oxygen atoms in total. The highest BCUT2D eigenvalue weighted by molar-refractivity contribution is 5.70. The van der Waals surface area contributed by atoms with E-state index in [1.165, 1.54) is 12.1 Å². The van der Waals surface area contributed by atoms with Crippen molar-refractivity contribution in [2.45, 2.75) is 0 Å². The van der Waals surface area contributed by atoms with Gasteiger partial charge in [0, 0.05) is 32.3 Å². The maximum atomic E-state index is 10.5. The Kier molecular flexibility index (Phi) is 4.07. The van der Waals surface area contributed by atoms with Crippen molar-refractivity contribution in [2.24, 2.45) is 0 Å². The maximum Gasteiger partial charge on any atom is 0.271 e. The van der Waals surface area contributed by atoms with Crippen LogP contribution in [0.4, 0.5) is 17.1 Å². The number of anilines is 2. The van der Waals surface area contributed by atoms with E-state index in [2.05, 4.69) is 5.32 Å². The number of hydrogen-bond donors (Lipinski definition) is 2. The van der Waals surface area contributed by atoms with E-state index in [1.54, 1.807) is 6.07 Å². The Morgan fingerprint density at radius 1 is 1.56 bits per heavy atom. The van der Waals surface area contributed by atoms with Gasteiger partial charge >= 0.3 is 0 Å². The summed E-state index contributed by atoms with van der Waals surface area (Å²) in [5.41, 5.74) is 7.01. The van der Waals surface area contributed by atoms with Gasteiger partial charge in [0.2, 0.25) is 0 Å². The molecular weight excluding hydrogens is 208 g/mol. The molecule has 1 aromatic rings. The molecule has 0 aliphatic carbocycles. The van der Waals surface area contributed by atoms with Crippen LogP contribution in [-0.2, 0) is 0 Å². The first-order valence-corrected chi connectivity index (χ1v) is 4.96. The molecule has 0 fully saturated rings. The van der Waals surface area contributed by atoms with Gasteiger partial charge in [-0.25, -0.2) is 0 Å². The number of nitro benzene ring substituents is 1. The molecular formula is C10H16N4O2. The van der Waals surface area contributed by atoms with Gasteiger partial charge in [-0.15, -0.1) is 0 Å². The van der Waals surface area contributed by atoms with E-state index in [4.69, 9.17) is 5.73 Å². The van der Waals surface area contributed by atoms with E-state index < -0.39 is 4.92 Å². The molecule has 1 aromatic carbocycles. The summed E-state index contributed by atoms with van der Waals surface area (Å²) in [6.07, 6.45) is 0. The molecule has 0 aromatic heterocycles. The SMILES string of the molecule is CNCCN(C)c1ccc([N+](=O)[O-])cc1N. The number of non-ortho nitro benzene ring substituents is 1. The quantitative estimate of drug-likeness (QED) is 0.439. The van der Waals surface area contributed by atoms with Crippen LogP contribution in [0.5, 0.6) is 0 Å². The van der Waals surface area contributed by atoms with Gasteiger partial charge in [-0.1, -0.05) is 0 Å². The van der Waals surface area contributed by atoms with Crippen LogP contribution in [0.25, 0.3) is 0 Å². The van der Waals surface area contributed by atoms with E-state index in [-0.39, 0.29) is 5.69 Å². The highest BCUT2D eigenvalue weighted by Gasteiger charge is 2.10. The fraction of sp³-hybridized carbons (Fsp3) is 0.400. The average molecular weight is 224 g/mol. The van der Waals surface area contributed by atoms with Crippen LogP contribution in [0, 0.1) is 10.1 Å². The molecule has 1 rings (SSSR count). The summed E-state index contributed by atoms with van der Waals surface area (Å²) in [4.78, 5) is 12.0. The zero-order valence-electron chi connectivity index (χ0n) is 9.43. The number of hydrogen-bond acceptors (Lipinski definition) is 5. The normalized spacial score (nSPS) is 10.1. The number of nitro groups is 1. The molecule has 0 atom stereocenters. The molecule has 0 amide bonds. The molecule has 0 spiro atoms. The van der Waals surface area contributed by atoms with Crippen molar-refractivity contribution in [2.75, 3.05) is 37.8 Å². The van der Waals surface area contributed by atoms with Crippen LogP contribution in [0.3, 0.4) is 0 Å². The summed E-state index contributed by atoms with van der Waals surface area (Å²) in [6, 6.07) is 4.51. The second-order valence-corrected chi connectivity index (χ2v) is 3.53. The third-order valence-electron chi connectivity index (χ3n) is 2.33. The van der Waals surface area contributed by atoms with Gasteiger partial charge in [-0.3, -0.25) is 10.1 Å². The van der Waals surface area contributed by atoms with E-state index in [1.807, 2.05) is 19.0 Å². The van der Waals surface area contributed by atoms with Gasteiger partial charge in [-0.2, -0.15) is 0 Å². The number of nitrogen functional groups attached to an aromatic ring is 1. The first-order chi connectivity index (χ1) is 7.56.